The molecule has 112 valence electrons. The zero-order valence-corrected chi connectivity index (χ0v) is 14.5. The molecule has 1 atom stereocenters. The highest BCUT2D eigenvalue weighted by atomic mass is 79.9. The Bertz CT molecular complexity index is 586. The first-order chi connectivity index (χ1) is 10.2. The van der Waals surface area contributed by atoms with Crippen LogP contribution in [0.5, 0.6) is 5.75 Å². The van der Waals surface area contributed by atoms with Crippen LogP contribution in [0.25, 0.3) is 0 Å². The Kier molecular flexibility index (Phi) is 6.09. The molecule has 1 N–H and O–H groups in total. The van der Waals surface area contributed by atoms with E-state index in [1.807, 2.05) is 31.2 Å². The minimum atomic E-state index is 0.0654. The van der Waals surface area contributed by atoms with Crippen LogP contribution >= 0.6 is 27.5 Å². The third kappa shape index (κ3) is 4.00. The van der Waals surface area contributed by atoms with Gasteiger partial charge >= 0.3 is 0 Å². The van der Waals surface area contributed by atoms with E-state index in [-0.39, 0.29) is 6.04 Å². The van der Waals surface area contributed by atoms with E-state index in [4.69, 9.17) is 16.3 Å². The van der Waals surface area contributed by atoms with E-state index >= 15 is 0 Å². The number of ether oxygens (including phenoxy) is 1. The predicted octanol–water partition coefficient (Wildman–Crippen LogP) is 5.20. The van der Waals surface area contributed by atoms with E-state index in [0.717, 1.165) is 27.4 Å². The van der Waals surface area contributed by atoms with Gasteiger partial charge in [0.25, 0.3) is 0 Å². The Morgan fingerprint density at radius 1 is 1.14 bits per heavy atom. The third-order valence-electron chi connectivity index (χ3n) is 3.23. The number of benzene rings is 2. The molecule has 21 heavy (non-hydrogen) atoms. The summed E-state index contributed by atoms with van der Waals surface area (Å²) in [6.45, 7) is 5.61. The highest BCUT2D eigenvalue weighted by Crippen LogP contribution is 2.33. The average molecular weight is 369 g/mol. The van der Waals surface area contributed by atoms with E-state index in [0.29, 0.717) is 6.61 Å². The van der Waals surface area contributed by atoms with Crippen molar-refractivity contribution in [2.24, 2.45) is 0 Å². The van der Waals surface area contributed by atoms with Gasteiger partial charge in [-0.2, -0.15) is 0 Å². The van der Waals surface area contributed by atoms with Gasteiger partial charge < -0.3 is 10.1 Å². The van der Waals surface area contributed by atoms with Gasteiger partial charge in [-0.1, -0.05) is 42.8 Å². The molecule has 2 aromatic carbocycles. The first kappa shape index (κ1) is 16.3. The van der Waals surface area contributed by atoms with E-state index < -0.39 is 0 Å². The minimum Gasteiger partial charge on any atom is -0.494 e. The second-order valence-corrected chi connectivity index (χ2v) is 5.87. The van der Waals surface area contributed by atoms with Crippen LogP contribution < -0.4 is 10.1 Å². The fraction of sp³-hybridized carbons (Fsp3) is 0.294. The van der Waals surface area contributed by atoms with Gasteiger partial charge in [0, 0.05) is 4.47 Å². The summed E-state index contributed by atoms with van der Waals surface area (Å²) in [6.07, 6.45) is 0. The van der Waals surface area contributed by atoms with Crippen molar-refractivity contribution in [2.45, 2.75) is 19.9 Å². The average Bonchev–Trinajstić information content (AvgIpc) is 2.49. The van der Waals surface area contributed by atoms with Crippen LogP contribution in [-0.2, 0) is 0 Å². The van der Waals surface area contributed by atoms with Gasteiger partial charge in [0.1, 0.15) is 5.75 Å². The number of hydrogen-bond donors (Lipinski definition) is 1. The van der Waals surface area contributed by atoms with Crippen LogP contribution in [0.15, 0.2) is 46.9 Å². The summed E-state index contributed by atoms with van der Waals surface area (Å²) in [5.41, 5.74) is 2.23. The minimum absolute atomic E-state index is 0.0654. The van der Waals surface area contributed by atoms with Crippen LogP contribution in [0, 0.1) is 0 Å². The van der Waals surface area contributed by atoms with Crippen molar-refractivity contribution in [2.75, 3.05) is 13.2 Å². The Morgan fingerprint density at radius 3 is 2.48 bits per heavy atom. The molecule has 0 radical (unpaired) electrons. The van der Waals surface area contributed by atoms with Gasteiger partial charge in [0.15, 0.2) is 0 Å². The maximum atomic E-state index is 6.44. The molecule has 0 aliphatic rings. The van der Waals surface area contributed by atoms with Crippen molar-refractivity contribution in [3.05, 3.63) is 63.1 Å². The molecule has 2 rings (SSSR count). The summed E-state index contributed by atoms with van der Waals surface area (Å²) < 4.78 is 6.41. The molecule has 0 aliphatic heterocycles. The molecule has 0 saturated heterocycles. The number of nitrogens with one attached hydrogen (secondary N) is 1. The smallest absolute Gasteiger partial charge is 0.119 e. The van der Waals surface area contributed by atoms with Crippen LogP contribution in [0.1, 0.15) is 31.0 Å². The molecule has 0 aromatic heterocycles. The molecule has 1 unspecified atom stereocenters. The largest absolute Gasteiger partial charge is 0.494 e. The fourth-order valence-corrected chi connectivity index (χ4v) is 2.89. The van der Waals surface area contributed by atoms with Crippen LogP contribution in [0.2, 0.25) is 5.02 Å². The van der Waals surface area contributed by atoms with Gasteiger partial charge in [0.05, 0.1) is 17.7 Å². The lowest BCUT2D eigenvalue weighted by molar-refractivity contribution is 0.340. The summed E-state index contributed by atoms with van der Waals surface area (Å²) >= 11 is 9.93. The highest BCUT2D eigenvalue weighted by Gasteiger charge is 2.17. The quantitative estimate of drug-likeness (QED) is 0.756. The number of rotatable bonds is 6. The molecule has 2 nitrogen and oxygen atoms in total. The van der Waals surface area contributed by atoms with Crippen molar-refractivity contribution >= 4 is 27.5 Å². The molecule has 4 heteroatoms. The van der Waals surface area contributed by atoms with E-state index in [1.165, 1.54) is 5.56 Å². The van der Waals surface area contributed by atoms with Gasteiger partial charge in [-0.25, -0.2) is 0 Å². The van der Waals surface area contributed by atoms with E-state index in [1.54, 1.807) is 0 Å². The zero-order chi connectivity index (χ0) is 15.2. The van der Waals surface area contributed by atoms with Crippen molar-refractivity contribution < 1.29 is 4.74 Å². The molecule has 0 spiro atoms. The molecular formula is C17H19BrClNO. The van der Waals surface area contributed by atoms with Crippen molar-refractivity contribution in [3.63, 3.8) is 0 Å². The summed E-state index contributed by atoms with van der Waals surface area (Å²) in [7, 11) is 0. The molecule has 2 aromatic rings. The monoisotopic (exact) mass is 367 g/mol. The molecule has 0 amide bonds. The van der Waals surface area contributed by atoms with Crippen molar-refractivity contribution in [1.82, 2.24) is 5.32 Å². The highest BCUT2D eigenvalue weighted by molar-refractivity contribution is 9.10. The first-order valence-corrected chi connectivity index (χ1v) is 8.24. The van der Waals surface area contributed by atoms with Gasteiger partial charge in [-0.3, -0.25) is 0 Å². The Hall–Kier alpha value is -1.03. The van der Waals surface area contributed by atoms with Crippen molar-refractivity contribution in [1.29, 1.82) is 0 Å². The SMILES string of the molecule is CCNC(c1ccc(OCC)cc1)c1cccc(Br)c1Cl. The Balaban J connectivity index is 2.36. The Labute approximate surface area is 139 Å². The maximum Gasteiger partial charge on any atom is 0.119 e. The Morgan fingerprint density at radius 2 is 1.86 bits per heavy atom. The second-order valence-electron chi connectivity index (χ2n) is 4.64. The molecule has 0 aliphatic carbocycles. The third-order valence-corrected chi connectivity index (χ3v) is 4.54. The van der Waals surface area contributed by atoms with Crippen LogP contribution in [0.3, 0.4) is 0 Å². The van der Waals surface area contributed by atoms with Gasteiger partial charge in [-0.05, 0) is 58.7 Å². The normalized spacial score (nSPS) is 12.2. The first-order valence-electron chi connectivity index (χ1n) is 7.07. The van der Waals surface area contributed by atoms with E-state index in [2.05, 4.69) is 46.4 Å². The van der Waals surface area contributed by atoms with Crippen molar-refractivity contribution in [3.8, 4) is 5.75 Å². The molecule has 0 heterocycles. The van der Waals surface area contributed by atoms with Crippen LogP contribution in [-0.4, -0.2) is 13.2 Å². The second kappa shape index (κ2) is 7.83. The van der Waals surface area contributed by atoms with E-state index in [9.17, 15) is 0 Å². The molecular weight excluding hydrogens is 350 g/mol. The summed E-state index contributed by atoms with van der Waals surface area (Å²) in [5, 5.41) is 4.24. The number of halogens is 2. The number of hydrogen-bond acceptors (Lipinski definition) is 2. The van der Waals surface area contributed by atoms with Gasteiger partial charge in [0.2, 0.25) is 0 Å². The molecule has 0 bridgehead atoms. The zero-order valence-electron chi connectivity index (χ0n) is 12.2. The standard InChI is InChI=1S/C17H19BrClNO/c1-3-20-17(14-6-5-7-15(18)16(14)19)12-8-10-13(11-9-12)21-4-2/h5-11,17,20H,3-4H2,1-2H3. The molecule has 0 saturated carbocycles. The molecule has 0 fully saturated rings. The summed E-state index contributed by atoms with van der Waals surface area (Å²) in [4.78, 5) is 0. The lowest BCUT2D eigenvalue weighted by Gasteiger charge is -2.21. The summed E-state index contributed by atoms with van der Waals surface area (Å²) in [6, 6.07) is 14.2. The predicted molar refractivity (Wildman–Crippen MR) is 92.3 cm³/mol. The lowest BCUT2D eigenvalue weighted by Crippen LogP contribution is -2.22. The van der Waals surface area contributed by atoms with Gasteiger partial charge in [-0.15, -0.1) is 0 Å². The summed E-state index contributed by atoms with van der Waals surface area (Å²) in [5.74, 6) is 0.886. The fourth-order valence-electron chi connectivity index (χ4n) is 2.28. The lowest BCUT2D eigenvalue weighted by atomic mass is 9.98. The topological polar surface area (TPSA) is 21.3 Å². The maximum absolute atomic E-state index is 6.44. The van der Waals surface area contributed by atoms with Crippen LogP contribution in [0.4, 0.5) is 0 Å².